The zero-order chi connectivity index (χ0) is 15.8. The number of nitrogens with one attached hydrogen (secondary N) is 2. The molecule has 1 heterocycles. The van der Waals surface area contributed by atoms with Gasteiger partial charge in [0.25, 0.3) is 5.91 Å². The Bertz CT molecular complexity index is 581. The SMILES string of the molecule is CC(C)Cc1cc(C(=O)NCCCSc2ccccc2)n[nH]1. The lowest BCUT2D eigenvalue weighted by atomic mass is 10.1. The van der Waals surface area contributed by atoms with Gasteiger partial charge in [0.05, 0.1) is 0 Å². The van der Waals surface area contributed by atoms with E-state index in [0.29, 0.717) is 18.2 Å². The van der Waals surface area contributed by atoms with Crippen LogP contribution in [0.2, 0.25) is 0 Å². The van der Waals surface area contributed by atoms with Crippen LogP contribution in [-0.4, -0.2) is 28.4 Å². The standard InChI is InChI=1S/C17H23N3OS/c1-13(2)11-14-12-16(20-19-14)17(21)18-9-6-10-22-15-7-4-3-5-8-15/h3-5,7-8,12-13H,6,9-11H2,1-2H3,(H,18,21)(H,19,20). The van der Waals surface area contributed by atoms with Gasteiger partial charge in [-0.2, -0.15) is 5.10 Å². The summed E-state index contributed by atoms with van der Waals surface area (Å²) in [5, 5.41) is 9.92. The summed E-state index contributed by atoms with van der Waals surface area (Å²) in [5.41, 5.74) is 1.49. The molecule has 4 nitrogen and oxygen atoms in total. The van der Waals surface area contributed by atoms with Crippen LogP contribution in [0.15, 0.2) is 41.3 Å². The van der Waals surface area contributed by atoms with Crippen molar-refractivity contribution in [3.63, 3.8) is 0 Å². The number of aromatic amines is 1. The van der Waals surface area contributed by atoms with Crippen molar-refractivity contribution in [3.8, 4) is 0 Å². The lowest BCUT2D eigenvalue weighted by Gasteiger charge is -2.03. The van der Waals surface area contributed by atoms with Crippen LogP contribution in [-0.2, 0) is 6.42 Å². The Hall–Kier alpha value is -1.75. The number of nitrogens with zero attached hydrogens (tertiary/aromatic N) is 1. The molecule has 1 amide bonds. The third-order valence-electron chi connectivity index (χ3n) is 3.11. The first-order valence-corrected chi connectivity index (χ1v) is 8.64. The van der Waals surface area contributed by atoms with Crippen LogP contribution in [0.1, 0.15) is 36.5 Å². The molecule has 0 saturated heterocycles. The molecule has 2 rings (SSSR count). The minimum Gasteiger partial charge on any atom is -0.351 e. The molecule has 5 heteroatoms. The molecule has 0 saturated carbocycles. The van der Waals surface area contributed by atoms with Gasteiger partial charge < -0.3 is 5.32 Å². The lowest BCUT2D eigenvalue weighted by Crippen LogP contribution is -2.25. The number of carbonyl (C=O) groups excluding carboxylic acids is 1. The van der Waals surface area contributed by atoms with E-state index < -0.39 is 0 Å². The topological polar surface area (TPSA) is 57.8 Å². The quantitative estimate of drug-likeness (QED) is 0.578. The Morgan fingerprint density at radius 2 is 2.09 bits per heavy atom. The summed E-state index contributed by atoms with van der Waals surface area (Å²) in [4.78, 5) is 13.2. The summed E-state index contributed by atoms with van der Waals surface area (Å²) >= 11 is 1.81. The number of amides is 1. The van der Waals surface area contributed by atoms with E-state index in [1.807, 2.05) is 24.3 Å². The van der Waals surface area contributed by atoms with Crippen LogP contribution in [0.25, 0.3) is 0 Å². The van der Waals surface area contributed by atoms with Gasteiger partial charge in [-0.25, -0.2) is 0 Å². The molecule has 0 spiro atoms. The Balaban J connectivity index is 1.66. The summed E-state index contributed by atoms with van der Waals surface area (Å²) in [6.45, 7) is 4.96. The molecule has 0 bridgehead atoms. The Kier molecular flexibility index (Phi) is 6.52. The zero-order valence-electron chi connectivity index (χ0n) is 13.1. The molecule has 1 aromatic heterocycles. The van der Waals surface area contributed by atoms with E-state index >= 15 is 0 Å². The minimum atomic E-state index is -0.101. The number of hydrogen-bond donors (Lipinski definition) is 2. The summed E-state index contributed by atoms with van der Waals surface area (Å²) in [6.07, 6.45) is 1.85. The molecular formula is C17H23N3OS. The Morgan fingerprint density at radius 1 is 1.32 bits per heavy atom. The van der Waals surface area contributed by atoms with Crippen molar-refractivity contribution in [1.82, 2.24) is 15.5 Å². The van der Waals surface area contributed by atoms with Crippen molar-refractivity contribution in [2.24, 2.45) is 5.92 Å². The van der Waals surface area contributed by atoms with E-state index in [1.54, 1.807) is 11.8 Å². The first kappa shape index (κ1) is 16.6. The van der Waals surface area contributed by atoms with E-state index in [2.05, 4.69) is 41.5 Å². The highest BCUT2D eigenvalue weighted by atomic mass is 32.2. The van der Waals surface area contributed by atoms with Crippen LogP contribution in [0, 0.1) is 5.92 Å². The van der Waals surface area contributed by atoms with Gasteiger partial charge in [0.15, 0.2) is 0 Å². The third kappa shape index (κ3) is 5.56. The van der Waals surface area contributed by atoms with Gasteiger partial charge in [-0.3, -0.25) is 9.89 Å². The van der Waals surface area contributed by atoms with Gasteiger partial charge in [0.1, 0.15) is 5.69 Å². The summed E-state index contributed by atoms with van der Waals surface area (Å²) in [5.74, 6) is 1.44. The van der Waals surface area contributed by atoms with Crippen LogP contribution >= 0.6 is 11.8 Å². The Labute approximate surface area is 136 Å². The van der Waals surface area contributed by atoms with Crippen LogP contribution in [0.3, 0.4) is 0 Å². The average molecular weight is 317 g/mol. The minimum absolute atomic E-state index is 0.101. The number of hydrogen-bond acceptors (Lipinski definition) is 3. The van der Waals surface area contributed by atoms with Gasteiger partial charge in [0.2, 0.25) is 0 Å². The lowest BCUT2D eigenvalue weighted by molar-refractivity contribution is 0.0949. The largest absolute Gasteiger partial charge is 0.351 e. The van der Waals surface area contributed by atoms with Crippen molar-refractivity contribution in [2.75, 3.05) is 12.3 Å². The van der Waals surface area contributed by atoms with Crippen molar-refractivity contribution in [2.45, 2.75) is 31.6 Å². The maximum Gasteiger partial charge on any atom is 0.271 e. The maximum absolute atomic E-state index is 12.0. The second kappa shape index (κ2) is 8.63. The van der Waals surface area contributed by atoms with Crippen LogP contribution in [0.5, 0.6) is 0 Å². The van der Waals surface area contributed by atoms with Gasteiger partial charge in [-0.15, -0.1) is 11.8 Å². The van der Waals surface area contributed by atoms with Gasteiger partial charge in [0, 0.05) is 17.1 Å². The van der Waals surface area contributed by atoms with E-state index in [1.165, 1.54) is 4.90 Å². The highest BCUT2D eigenvalue weighted by Crippen LogP contribution is 2.17. The molecule has 0 unspecified atom stereocenters. The first-order chi connectivity index (χ1) is 10.6. The molecule has 1 aromatic carbocycles. The molecule has 118 valence electrons. The van der Waals surface area contributed by atoms with Crippen LogP contribution in [0.4, 0.5) is 0 Å². The zero-order valence-corrected chi connectivity index (χ0v) is 14.0. The molecule has 0 fully saturated rings. The predicted octanol–water partition coefficient (Wildman–Crippen LogP) is 3.52. The predicted molar refractivity (Wildman–Crippen MR) is 91.2 cm³/mol. The van der Waals surface area contributed by atoms with E-state index in [0.717, 1.165) is 24.3 Å². The number of H-pyrrole nitrogens is 1. The number of benzene rings is 1. The maximum atomic E-state index is 12.0. The number of thioether (sulfide) groups is 1. The fourth-order valence-electron chi connectivity index (χ4n) is 2.09. The molecule has 0 atom stereocenters. The second-order valence-electron chi connectivity index (χ2n) is 5.65. The van der Waals surface area contributed by atoms with E-state index in [-0.39, 0.29) is 5.91 Å². The summed E-state index contributed by atoms with van der Waals surface area (Å²) < 4.78 is 0. The Morgan fingerprint density at radius 3 is 2.82 bits per heavy atom. The third-order valence-corrected chi connectivity index (χ3v) is 4.21. The summed E-state index contributed by atoms with van der Waals surface area (Å²) in [6, 6.07) is 12.1. The van der Waals surface area contributed by atoms with E-state index in [9.17, 15) is 4.79 Å². The van der Waals surface area contributed by atoms with Crippen molar-refractivity contribution < 1.29 is 4.79 Å². The first-order valence-electron chi connectivity index (χ1n) is 7.65. The molecule has 0 aliphatic heterocycles. The van der Waals surface area contributed by atoms with Crippen molar-refractivity contribution in [3.05, 3.63) is 47.8 Å². The highest BCUT2D eigenvalue weighted by molar-refractivity contribution is 7.99. The highest BCUT2D eigenvalue weighted by Gasteiger charge is 2.10. The van der Waals surface area contributed by atoms with Gasteiger partial charge in [-0.1, -0.05) is 32.0 Å². The van der Waals surface area contributed by atoms with Gasteiger partial charge in [-0.05, 0) is 42.7 Å². The normalized spacial score (nSPS) is 10.9. The van der Waals surface area contributed by atoms with Crippen molar-refractivity contribution in [1.29, 1.82) is 0 Å². The molecule has 0 radical (unpaired) electrons. The summed E-state index contributed by atoms with van der Waals surface area (Å²) in [7, 11) is 0. The molecule has 0 aliphatic rings. The molecule has 2 N–H and O–H groups in total. The van der Waals surface area contributed by atoms with Gasteiger partial charge >= 0.3 is 0 Å². The van der Waals surface area contributed by atoms with Crippen LogP contribution < -0.4 is 5.32 Å². The fraction of sp³-hybridized carbons (Fsp3) is 0.412. The number of rotatable bonds is 8. The molecule has 2 aromatic rings. The second-order valence-corrected chi connectivity index (χ2v) is 6.82. The smallest absolute Gasteiger partial charge is 0.271 e. The molecule has 0 aliphatic carbocycles. The molecular weight excluding hydrogens is 294 g/mol. The monoisotopic (exact) mass is 317 g/mol. The van der Waals surface area contributed by atoms with Crippen molar-refractivity contribution >= 4 is 17.7 Å². The van der Waals surface area contributed by atoms with E-state index in [4.69, 9.17) is 0 Å². The average Bonchev–Trinajstić information content (AvgIpc) is 2.95. The molecule has 22 heavy (non-hydrogen) atoms. The number of carbonyl (C=O) groups is 1. The number of aromatic nitrogens is 2. The fourth-order valence-corrected chi connectivity index (χ4v) is 2.97.